The number of aromatic nitrogens is 2. The Balaban J connectivity index is 1.93. The smallest absolute Gasteiger partial charge is 0.282 e. The van der Waals surface area contributed by atoms with E-state index in [1.54, 1.807) is 18.2 Å². The van der Waals surface area contributed by atoms with Gasteiger partial charge in [0.2, 0.25) is 0 Å². The zero-order valence-electron chi connectivity index (χ0n) is 14.1. The van der Waals surface area contributed by atoms with Gasteiger partial charge >= 0.3 is 0 Å². The molecule has 0 saturated carbocycles. The van der Waals surface area contributed by atoms with Crippen LogP contribution in [0.25, 0.3) is 17.2 Å². The number of anilines is 1. The SMILES string of the molecule is C=Cc1ccc(-c2ccccc2NC(=O)c2cn(C)nc2C(F)F)cc1. The van der Waals surface area contributed by atoms with Gasteiger partial charge in [0.1, 0.15) is 5.69 Å². The van der Waals surface area contributed by atoms with Crippen molar-refractivity contribution in [2.45, 2.75) is 6.43 Å². The van der Waals surface area contributed by atoms with E-state index >= 15 is 0 Å². The minimum atomic E-state index is -2.82. The molecule has 6 heteroatoms. The van der Waals surface area contributed by atoms with E-state index in [0.29, 0.717) is 5.69 Å². The molecule has 1 amide bonds. The molecule has 0 unspecified atom stereocenters. The highest BCUT2D eigenvalue weighted by atomic mass is 19.3. The normalized spacial score (nSPS) is 10.8. The predicted molar refractivity (Wildman–Crippen MR) is 98.1 cm³/mol. The third-order valence-electron chi connectivity index (χ3n) is 3.94. The molecule has 0 fully saturated rings. The number of benzene rings is 2. The van der Waals surface area contributed by atoms with Gasteiger partial charge in [0.25, 0.3) is 12.3 Å². The van der Waals surface area contributed by atoms with Gasteiger partial charge in [-0.05, 0) is 17.2 Å². The Morgan fingerprint density at radius 1 is 1.19 bits per heavy atom. The minimum absolute atomic E-state index is 0.140. The number of nitrogens with zero attached hydrogens (tertiary/aromatic N) is 2. The number of carbonyl (C=O) groups is 1. The first kappa shape index (κ1) is 17.5. The standard InChI is InChI=1S/C20H17F2N3O/c1-3-13-8-10-14(11-9-13)15-6-4-5-7-17(15)23-20(26)16-12-25(2)24-18(16)19(21)22/h3-12,19H,1H2,2H3,(H,23,26). The number of rotatable bonds is 5. The van der Waals surface area contributed by atoms with Crippen LogP contribution in [-0.2, 0) is 7.05 Å². The molecular formula is C20H17F2N3O. The van der Waals surface area contributed by atoms with Crippen molar-refractivity contribution in [1.29, 1.82) is 0 Å². The molecule has 26 heavy (non-hydrogen) atoms. The number of halogens is 2. The molecule has 3 aromatic rings. The number of hydrogen-bond donors (Lipinski definition) is 1. The second-order valence-electron chi connectivity index (χ2n) is 5.73. The van der Waals surface area contributed by atoms with E-state index in [2.05, 4.69) is 17.0 Å². The Bertz CT molecular complexity index is 946. The van der Waals surface area contributed by atoms with Gasteiger partial charge < -0.3 is 5.32 Å². The van der Waals surface area contributed by atoms with Crippen molar-refractivity contribution in [3.8, 4) is 11.1 Å². The first-order valence-corrected chi connectivity index (χ1v) is 7.94. The Labute approximate surface area is 149 Å². The van der Waals surface area contributed by atoms with Crippen molar-refractivity contribution in [2.24, 2.45) is 7.05 Å². The van der Waals surface area contributed by atoms with Gasteiger partial charge in [-0.1, -0.05) is 55.1 Å². The van der Waals surface area contributed by atoms with Crippen molar-refractivity contribution < 1.29 is 13.6 Å². The van der Waals surface area contributed by atoms with E-state index < -0.39 is 18.0 Å². The van der Waals surface area contributed by atoms with Gasteiger partial charge in [-0.25, -0.2) is 8.78 Å². The zero-order valence-corrected chi connectivity index (χ0v) is 14.1. The molecule has 3 rings (SSSR count). The molecule has 1 N–H and O–H groups in total. The van der Waals surface area contributed by atoms with Crippen molar-refractivity contribution in [2.75, 3.05) is 5.32 Å². The van der Waals surface area contributed by atoms with Crippen molar-refractivity contribution in [3.63, 3.8) is 0 Å². The molecule has 0 spiro atoms. The van der Waals surface area contributed by atoms with E-state index in [0.717, 1.165) is 16.7 Å². The average Bonchev–Trinajstić information content (AvgIpc) is 3.05. The molecular weight excluding hydrogens is 336 g/mol. The molecule has 2 aromatic carbocycles. The topological polar surface area (TPSA) is 46.9 Å². The first-order chi connectivity index (χ1) is 12.5. The fourth-order valence-corrected chi connectivity index (χ4v) is 2.67. The maximum Gasteiger partial charge on any atom is 0.282 e. The van der Waals surface area contributed by atoms with Crippen LogP contribution in [0.2, 0.25) is 0 Å². The lowest BCUT2D eigenvalue weighted by atomic mass is 10.0. The summed E-state index contributed by atoms with van der Waals surface area (Å²) in [5, 5.41) is 6.39. The summed E-state index contributed by atoms with van der Waals surface area (Å²) in [4.78, 5) is 12.5. The van der Waals surface area contributed by atoms with Crippen molar-refractivity contribution >= 4 is 17.7 Å². The lowest BCUT2D eigenvalue weighted by molar-refractivity contribution is 0.101. The highest BCUT2D eigenvalue weighted by molar-refractivity contribution is 6.06. The van der Waals surface area contributed by atoms with Gasteiger partial charge in [-0.3, -0.25) is 9.48 Å². The molecule has 0 aliphatic carbocycles. The van der Waals surface area contributed by atoms with Crippen molar-refractivity contribution in [3.05, 3.63) is 78.1 Å². The Morgan fingerprint density at radius 3 is 2.54 bits per heavy atom. The molecule has 0 radical (unpaired) electrons. The number of carbonyl (C=O) groups excluding carboxylic acids is 1. The average molecular weight is 353 g/mol. The van der Waals surface area contributed by atoms with Gasteiger partial charge in [0.05, 0.1) is 5.56 Å². The minimum Gasteiger partial charge on any atom is -0.321 e. The second kappa shape index (κ2) is 7.31. The van der Waals surface area contributed by atoms with Gasteiger partial charge in [0.15, 0.2) is 0 Å². The number of aryl methyl sites for hydroxylation is 1. The Hall–Kier alpha value is -3.28. The number of nitrogens with one attached hydrogen (secondary N) is 1. The molecule has 1 aromatic heterocycles. The summed E-state index contributed by atoms with van der Waals surface area (Å²) in [6.45, 7) is 3.72. The lowest BCUT2D eigenvalue weighted by Gasteiger charge is -2.11. The maximum absolute atomic E-state index is 13.1. The molecule has 132 valence electrons. The summed E-state index contributed by atoms with van der Waals surface area (Å²) >= 11 is 0. The molecule has 0 aliphatic heterocycles. The van der Waals surface area contributed by atoms with E-state index in [4.69, 9.17) is 0 Å². The summed E-state index contributed by atoms with van der Waals surface area (Å²) in [5.74, 6) is -0.622. The van der Waals surface area contributed by atoms with Crippen LogP contribution in [0, 0.1) is 0 Å². The van der Waals surface area contributed by atoms with Crippen LogP contribution in [0.15, 0.2) is 61.3 Å². The third-order valence-corrected chi connectivity index (χ3v) is 3.94. The van der Waals surface area contributed by atoms with Crippen LogP contribution in [0.1, 0.15) is 28.0 Å². The highest BCUT2D eigenvalue weighted by Crippen LogP contribution is 2.29. The van der Waals surface area contributed by atoms with E-state index in [1.807, 2.05) is 36.4 Å². The molecule has 1 heterocycles. The van der Waals surface area contributed by atoms with Gasteiger partial charge in [-0.2, -0.15) is 5.10 Å². The summed E-state index contributed by atoms with van der Waals surface area (Å²) in [5.41, 5.74) is 2.53. The van der Waals surface area contributed by atoms with Crippen molar-refractivity contribution in [1.82, 2.24) is 9.78 Å². The van der Waals surface area contributed by atoms with Crippen LogP contribution >= 0.6 is 0 Å². The van der Waals surface area contributed by atoms with E-state index in [9.17, 15) is 13.6 Å². The van der Waals surface area contributed by atoms with Crippen LogP contribution < -0.4 is 5.32 Å². The van der Waals surface area contributed by atoms with Crippen LogP contribution in [-0.4, -0.2) is 15.7 Å². The predicted octanol–water partition coefficient (Wildman–Crippen LogP) is 4.92. The third kappa shape index (κ3) is 3.54. The second-order valence-corrected chi connectivity index (χ2v) is 5.73. The van der Waals surface area contributed by atoms with Crippen LogP contribution in [0.3, 0.4) is 0 Å². The van der Waals surface area contributed by atoms with Gasteiger partial charge in [-0.15, -0.1) is 0 Å². The van der Waals surface area contributed by atoms with Crippen LogP contribution in [0.5, 0.6) is 0 Å². The largest absolute Gasteiger partial charge is 0.321 e. The monoisotopic (exact) mass is 353 g/mol. The fourth-order valence-electron chi connectivity index (χ4n) is 2.67. The first-order valence-electron chi connectivity index (χ1n) is 7.94. The summed E-state index contributed by atoms with van der Waals surface area (Å²) < 4.78 is 27.4. The van der Waals surface area contributed by atoms with Crippen LogP contribution in [0.4, 0.5) is 14.5 Å². The molecule has 0 saturated heterocycles. The Kier molecular flexibility index (Phi) is 4.93. The molecule has 0 atom stereocenters. The summed E-state index contributed by atoms with van der Waals surface area (Å²) in [7, 11) is 1.50. The molecule has 0 aliphatic rings. The number of amides is 1. The maximum atomic E-state index is 13.1. The highest BCUT2D eigenvalue weighted by Gasteiger charge is 2.23. The van der Waals surface area contributed by atoms with E-state index in [-0.39, 0.29) is 5.56 Å². The Morgan fingerprint density at radius 2 is 1.88 bits per heavy atom. The van der Waals surface area contributed by atoms with Gasteiger partial charge in [0, 0.05) is 24.5 Å². The number of alkyl halides is 2. The van der Waals surface area contributed by atoms with E-state index in [1.165, 1.54) is 17.9 Å². The zero-order chi connectivity index (χ0) is 18.7. The quantitative estimate of drug-likeness (QED) is 0.708. The molecule has 0 bridgehead atoms. The lowest BCUT2D eigenvalue weighted by Crippen LogP contribution is -2.14. The summed E-state index contributed by atoms with van der Waals surface area (Å²) in [6.07, 6.45) is 0.211. The number of para-hydroxylation sites is 1. The number of hydrogen-bond acceptors (Lipinski definition) is 2. The fraction of sp³-hybridized carbons (Fsp3) is 0.100. The summed E-state index contributed by atoms with van der Waals surface area (Å²) in [6, 6.07) is 14.9. The molecule has 4 nitrogen and oxygen atoms in total.